The summed E-state index contributed by atoms with van der Waals surface area (Å²) in [5, 5.41) is 9.26. The van der Waals surface area contributed by atoms with Crippen LogP contribution in [0.5, 0.6) is 0 Å². The van der Waals surface area contributed by atoms with Gasteiger partial charge in [-0.1, -0.05) is 24.3 Å². The first-order chi connectivity index (χ1) is 15.0. The fourth-order valence-corrected chi connectivity index (χ4v) is 4.00. The number of hydrazine groups is 1. The zero-order valence-electron chi connectivity index (χ0n) is 18.1. The highest BCUT2D eigenvalue weighted by Crippen LogP contribution is 2.32. The molecule has 31 heavy (non-hydrogen) atoms. The summed E-state index contributed by atoms with van der Waals surface area (Å²) in [6.45, 7) is 5.25. The van der Waals surface area contributed by atoms with E-state index in [1.165, 1.54) is 0 Å². The van der Waals surface area contributed by atoms with Gasteiger partial charge in [0.05, 0.1) is 5.69 Å². The summed E-state index contributed by atoms with van der Waals surface area (Å²) in [4.78, 5) is 32.6. The maximum atomic E-state index is 13.8. The SMILES string of the molecule is CNC(=O)Nc1cc(C)cc(C2N=Cc3ccccc3N(N3CCN(C)CC3)C2=O)c1. The molecule has 2 N–H and O–H groups in total. The van der Waals surface area contributed by atoms with Crippen molar-refractivity contribution in [2.24, 2.45) is 4.99 Å². The molecule has 1 fully saturated rings. The standard InChI is InChI=1S/C23H28N6O2/c1-16-12-18(14-19(13-16)26-23(31)24-2)21-22(30)29(28-10-8-27(3)9-11-28)20-7-5-4-6-17(20)15-25-21/h4-7,12-15,21H,8-11H2,1-3H3,(H2,24,26,31). The third-order valence-corrected chi connectivity index (χ3v) is 5.63. The van der Waals surface area contributed by atoms with E-state index in [4.69, 9.17) is 0 Å². The topological polar surface area (TPSA) is 80.3 Å². The summed E-state index contributed by atoms with van der Waals surface area (Å²) in [6, 6.07) is 12.5. The van der Waals surface area contributed by atoms with Gasteiger partial charge in [-0.3, -0.25) is 9.79 Å². The molecule has 4 rings (SSSR count). The first-order valence-electron chi connectivity index (χ1n) is 10.5. The highest BCUT2D eigenvalue weighted by Gasteiger charge is 2.35. The van der Waals surface area contributed by atoms with Crippen LogP contribution in [0.3, 0.4) is 0 Å². The fraction of sp³-hybridized carbons (Fsp3) is 0.348. The third-order valence-electron chi connectivity index (χ3n) is 5.63. The Balaban J connectivity index is 1.73. The van der Waals surface area contributed by atoms with Crippen LogP contribution in [0.15, 0.2) is 47.5 Å². The van der Waals surface area contributed by atoms with Gasteiger partial charge in [-0.05, 0) is 43.3 Å². The number of aliphatic imine (C=N–C) groups is 1. The van der Waals surface area contributed by atoms with Crippen molar-refractivity contribution in [2.45, 2.75) is 13.0 Å². The number of nitrogens with zero attached hydrogens (tertiary/aromatic N) is 4. The van der Waals surface area contributed by atoms with E-state index in [-0.39, 0.29) is 11.9 Å². The van der Waals surface area contributed by atoms with Gasteiger partial charge in [0.25, 0.3) is 5.91 Å². The van der Waals surface area contributed by atoms with E-state index >= 15 is 0 Å². The summed E-state index contributed by atoms with van der Waals surface area (Å²) in [5.41, 5.74) is 4.08. The lowest BCUT2D eigenvalue weighted by Gasteiger charge is -2.40. The van der Waals surface area contributed by atoms with Crippen LogP contribution >= 0.6 is 0 Å². The highest BCUT2D eigenvalue weighted by molar-refractivity contribution is 6.05. The second-order valence-corrected chi connectivity index (χ2v) is 7.98. The number of nitrogens with one attached hydrogen (secondary N) is 2. The average Bonchev–Trinajstić information content (AvgIpc) is 2.90. The predicted molar refractivity (Wildman–Crippen MR) is 123 cm³/mol. The monoisotopic (exact) mass is 420 g/mol. The Bertz CT molecular complexity index is 1010. The number of urea groups is 1. The van der Waals surface area contributed by atoms with Crippen LogP contribution in [0.25, 0.3) is 0 Å². The minimum atomic E-state index is -0.697. The van der Waals surface area contributed by atoms with E-state index < -0.39 is 6.04 Å². The number of benzodiazepines with no additional fused rings is 1. The van der Waals surface area contributed by atoms with Crippen LogP contribution in [0.4, 0.5) is 16.2 Å². The molecule has 2 aromatic carbocycles. The Kier molecular flexibility index (Phi) is 6.01. The van der Waals surface area contributed by atoms with Crippen molar-refractivity contribution >= 4 is 29.5 Å². The van der Waals surface area contributed by atoms with Crippen molar-refractivity contribution in [3.63, 3.8) is 0 Å². The number of benzene rings is 2. The number of carbonyl (C=O) groups is 2. The number of fused-ring (bicyclic) bond motifs is 1. The number of hydrogen-bond donors (Lipinski definition) is 2. The predicted octanol–water partition coefficient (Wildman–Crippen LogP) is 2.42. The number of amides is 3. The molecular formula is C23H28N6O2. The number of likely N-dealkylation sites (N-methyl/N-ethyl adjacent to an activating group) is 1. The van der Waals surface area contributed by atoms with E-state index in [1.807, 2.05) is 49.4 Å². The van der Waals surface area contributed by atoms with E-state index in [9.17, 15) is 9.59 Å². The number of anilines is 2. The number of hydrogen-bond acceptors (Lipinski definition) is 5. The van der Waals surface area contributed by atoms with Crippen LogP contribution < -0.4 is 15.6 Å². The molecule has 1 saturated heterocycles. The van der Waals surface area contributed by atoms with Gasteiger partial charge in [-0.15, -0.1) is 0 Å². The molecule has 1 unspecified atom stereocenters. The van der Waals surface area contributed by atoms with Crippen molar-refractivity contribution in [3.05, 3.63) is 59.2 Å². The molecule has 2 heterocycles. The summed E-state index contributed by atoms with van der Waals surface area (Å²) in [7, 11) is 3.66. The minimum absolute atomic E-state index is 0.0951. The Hall–Kier alpha value is -3.23. The van der Waals surface area contributed by atoms with Gasteiger partial charge in [-0.2, -0.15) is 0 Å². The average molecular weight is 421 g/mol. The van der Waals surface area contributed by atoms with Crippen molar-refractivity contribution in [3.8, 4) is 0 Å². The Morgan fingerprint density at radius 3 is 2.58 bits per heavy atom. The van der Waals surface area contributed by atoms with E-state index in [0.29, 0.717) is 5.69 Å². The molecule has 162 valence electrons. The zero-order chi connectivity index (χ0) is 22.0. The Morgan fingerprint density at radius 1 is 1.10 bits per heavy atom. The zero-order valence-corrected chi connectivity index (χ0v) is 18.1. The fourth-order valence-electron chi connectivity index (χ4n) is 4.00. The minimum Gasteiger partial charge on any atom is -0.341 e. The quantitative estimate of drug-likeness (QED) is 0.799. The first-order valence-corrected chi connectivity index (χ1v) is 10.5. The molecule has 2 aliphatic heterocycles. The number of aryl methyl sites for hydroxylation is 1. The molecule has 8 nitrogen and oxygen atoms in total. The van der Waals surface area contributed by atoms with E-state index in [0.717, 1.165) is 48.6 Å². The lowest BCUT2D eigenvalue weighted by molar-refractivity contribution is -0.123. The van der Waals surface area contributed by atoms with Crippen molar-refractivity contribution in [2.75, 3.05) is 50.6 Å². The smallest absolute Gasteiger partial charge is 0.318 e. The van der Waals surface area contributed by atoms with Crippen LogP contribution in [0.2, 0.25) is 0 Å². The molecule has 3 amide bonds. The molecular weight excluding hydrogens is 392 g/mol. The van der Waals surface area contributed by atoms with Crippen LogP contribution in [-0.4, -0.2) is 68.3 Å². The van der Waals surface area contributed by atoms with Gasteiger partial charge >= 0.3 is 6.03 Å². The van der Waals surface area contributed by atoms with Gasteiger partial charge in [0.2, 0.25) is 0 Å². The number of rotatable bonds is 3. The van der Waals surface area contributed by atoms with E-state index in [1.54, 1.807) is 18.3 Å². The molecule has 0 aromatic heterocycles. The number of carbonyl (C=O) groups excluding carboxylic acids is 2. The van der Waals surface area contributed by atoms with Crippen LogP contribution in [0.1, 0.15) is 22.7 Å². The van der Waals surface area contributed by atoms with Crippen molar-refractivity contribution in [1.29, 1.82) is 0 Å². The summed E-state index contributed by atoms with van der Waals surface area (Å²) in [6.07, 6.45) is 1.78. The van der Waals surface area contributed by atoms with Crippen molar-refractivity contribution < 1.29 is 9.59 Å². The molecule has 8 heteroatoms. The van der Waals surface area contributed by atoms with Gasteiger partial charge < -0.3 is 15.5 Å². The summed E-state index contributed by atoms with van der Waals surface area (Å²) < 4.78 is 0. The Morgan fingerprint density at radius 2 is 1.84 bits per heavy atom. The maximum Gasteiger partial charge on any atom is 0.318 e. The lowest BCUT2D eigenvalue weighted by atomic mass is 10.0. The molecule has 0 bridgehead atoms. The second-order valence-electron chi connectivity index (χ2n) is 7.98. The molecule has 2 aromatic rings. The van der Waals surface area contributed by atoms with E-state index in [2.05, 4.69) is 32.6 Å². The number of para-hydroxylation sites is 1. The summed E-state index contributed by atoms with van der Waals surface area (Å²) >= 11 is 0. The van der Waals surface area contributed by atoms with Crippen LogP contribution in [0, 0.1) is 6.92 Å². The molecule has 0 saturated carbocycles. The lowest BCUT2D eigenvalue weighted by Crippen LogP contribution is -2.56. The van der Waals surface area contributed by atoms with Crippen molar-refractivity contribution in [1.82, 2.24) is 15.2 Å². The van der Waals surface area contributed by atoms with Gasteiger partial charge in [0.1, 0.15) is 0 Å². The molecule has 0 spiro atoms. The largest absolute Gasteiger partial charge is 0.341 e. The Labute approximate surface area is 182 Å². The molecule has 0 aliphatic carbocycles. The molecule has 1 atom stereocenters. The normalized spacial score (nSPS) is 19.6. The molecule has 2 aliphatic rings. The summed E-state index contributed by atoms with van der Waals surface area (Å²) in [5.74, 6) is -0.0951. The highest BCUT2D eigenvalue weighted by atomic mass is 16.2. The maximum absolute atomic E-state index is 13.8. The molecule has 0 radical (unpaired) electrons. The van der Waals surface area contributed by atoms with Gasteiger partial charge in [0.15, 0.2) is 6.04 Å². The van der Waals surface area contributed by atoms with Gasteiger partial charge in [-0.25, -0.2) is 14.8 Å². The first kappa shape index (κ1) is 21.0. The van der Waals surface area contributed by atoms with Gasteiger partial charge in [0, 0.05) is 50.7 Å². The third kappa shape index (κ3) is 4.45. The van der Waals surface area contributed by atoms with Crippen LogP contribution in [-0.2, 0) is 4.79 Å². The second kappa shape index (κ2) is 8.87. The number of piperazine rings is 1.